The maximum Gasteiger partial charge on any atom is 0.219 e. The summed E-state index contributed by atoms with van der Waals surface area (Å²) in [4.78, 5) is 15.3. The molecule has 4 heteroatoms. The minimum Gasteiger partial charge on any atom is -0.439 e. The normalized spacial score (nSPS) is 10.2. The molecule has 0 unspecified atom stereocenters. The van der Waals surface area contributed by atoms with Gasteiger partial charge in [0.1, 0.15) is 5.75 Å². The largest absolute Gasteiger partial charge is 0.439 e. The van der Waals surface area contributed by atoms with Crippen LogP contribution >= 0.6 is 0 Å². The van der Waals surface area contributed by atoms with E-state index in [-0.39, 0.29) is 12.4 Å². The summed E-state index contributed by atoms with van der Waals surface area (Å²) in [6.45, 7) is 1.63. The van der Waals surface area contributed by atoms with Crippen LogP contribution in [0.3, 0.4) is 0 Å². The molecule has 0 radical (unpaired) electrons. The van der Waals surface area contributed by atoms with Crippen LogP contribution in [0.25, 0.3) is 0 Å². The van der Waals surface area contributed by atoms with Crippen LogP contribution in [0.15, 0.2) is 42.6 Å². The second-order valence-corrected chi connectivity index (χ2v) is 4.16. The molecular formula is C15H15NO3. The first kappa shape index (κ1) is 13.2. The number of ether oxygens (including phenoxy) is 1. The fourth-order valence-electron chi connectivity index (χ4n) is 1.66. The number of nitrogens with zero attached hydrogens (tertiary/aromatic N) is 1. The molecular weight excluding hydrogens is 242 g/mol. The van der Waals surface area contributed by atoms with Gasteiger partial charge in [-0.25, -0.2) is 4.98 Å². The van der Waals surface area contributed by atoms with Crippen molar-refractivity contribution in [2.24, 2.45) is 0 Å². The van der Waals surface area contributed by atoms with E-state index < -0.39 is 0 Å². The molecule has 2 aromatic rings. The Morgan fingerprint density at radius 2 is 2.00 bits per heavy atom. The molecule has 4 nitrogen and oxygen atoms in total. The molecule has 0 atom stereocenters. The van der Waals surface area contributed by atoms with Crippen LogP contribution in [0.4, 0.5) is 0 Å². The lowest BCUT2D eigenvalue weighted by molar-refractivity contribution is 0.101. The van der Waals surface area contributed by atoms with E-state index in [1.54, 1.807) is 18.3 Å². The number of ketones is 1. The predicted octanol–water partition coefficient (Wildman–Crippen LogP) is 2.61. The molecule has 0 bridgehead atoms. The number of hydrogen-bond acceptors (Lipinski definition) is 4. The predicted molar refractivity (Wildman–Crippen MR) is 71.5 cm³/mol. The number of aliphatic hydroxyl groups excluding tert-OH is 1. The molecule has 0 fully saturated rings. The Bertz CT molecular complexity index is 564. The van der Waals surface area contributed by atoms with Gasteiger partial charge in [-0.2, -0.15) is 0 Å². The minimum atomic E-state index is -0.0226. The van der Waals surface area contributed by atoms with Gasteiger partial charge in [-0.15, -0.1) is 0 Å². The van der Waals surface area contributed by atoms with E-state index in [4.69, 9.17) is 9.84 Å². The van der Waals surface area contributed by atoms with Crippen molar-refractivity contribution in [3.8, 4) is 11.6 Å². The third kappa shape index (κ3) is 3.63. The molecule has 0 spiro atoms. The fourth-order valence-corrected chi connectivity index (χ4v) is 1.66. The average molecular weight is 257 g/mol. The van der Waals surface area contributed by atoms with Gasteiger partial charge in [0.2, 0.25) is 5.88 Å². The van der Waals surface area contributed by atoms with E-state index >= 15 is 0 Å². The molecule has 2 rings (SSSR count). The third-order valence-corrected chi connectivity index (χ3v) is 2.69. The summed E-state index contributed by atoms with van der Waals surface area (Å²) in [6.07, 6.45) is 2.17. The highest BCUT2D eigenvalue weighted by atomic mass is 16.5. The lowest BCUT2D eigenvalue weighted by Crippen LogP contribution is -1.95. The number of pyridine rings is 1. The molecule has 0 aliphatic rings. The molecule has 0 amide bonds. The van der Waals surface area contributed by atoms with Crippen molar-refractivity contribution in [1.29, 1.82) is 0 Å². The van der Waals surface area contributed by atoms with Crippen molar-refractivity contribution in [2.45, 2.75) is 13.3 Å². The summed E-state index contributed by atoms with van der Waals surface area (Å²) in [6, 6.07) is 10.7. The zero-order chi connectivity index (χ0) is 13.7. The number of hydrogen-bond donors (Lipinski definition) is 1. The average Bonchev–Trinajstić information content (AvgIpc) is 2.42. The Balaban J connectivity index is 2.12. The minimum absolute atomic E-state index is 0.0226. The van der Waals surface area contributed by atoms with Crippen molar-refractivity contribution in [3.63, 3.8) is 0 Å². The van der Waals surface area contributed by atoms with E-state index in [0.717, 1.165) is 5.56 Å². The van der Waals surface area contributed by atoms with E-state index in [9.17, 15) is 4.79 Å². The first-order valence-electron chi connectivity index (χ1n) is 6.03. The molecule has 1 heterocycles. The standard InChI is InChI=1S/C15H15NO3/c1-11(18)13-6-8-16-15(10-13)19-14-4-2-12(3-5-14)7-9-17/h2-6,8,10,17H,7,9H2,1H3. The van der Waals surface area contributed by atoms with Crippen LogP contribution in [-0.2, 0) is 6.42 Å². The molecule has 0 saturated carbocycles. The zero-order valence-corrected chi connectivity index (χ0v) is 10.7. The second kappa shape index (κ2) is 6.11. The van der Waals surface area contributed by atoms with E-state index in [2.05, 4.69) is 4.98 Å². The highest BCUT2D eigenvalue weighted by molar-refractivity contribution is 5.94. The number of aromatic nitrogens is 1. The van der Waals surface area contributed by atoms with Crippen LogP contribution in [0.2, 0.25) is 0 Å². The maximum atomic E-state index is 11.3. The molecule has 1 aromatic heterocycles. The highest BCUT2D eigenvalue weighted by Gasteiger charge is 2.03. The molecule has 1 N–H and O–H groups in total. The zero-order valence-electron chi connectivity index (χ0n) is 10.7. The van der Waals surface area contributed by atoms with Crippen molar-refractivity contribution in [3.05, 3.63) is 53.7 Å². The highest BCUT2D eigenvalue weighted by Crippen LogP contribution is 2.20. The molecule has 19 heavy (non-hydrogen) atoms. The first-order chi connectivity index (χ1) is 9.19. The number of carbonyl (C=O) groups excluding carboxylic acids is 1. The Hall–Kier alpha value is -2.20. The molecule has 0 aliphatic heterocycles. The Labute approximate surface area is 111 Å². The first-order valence-corrected chi connectivity index (χ1v) is 6.03. The quantitative estimate of drug-likeness (QED) is 0.836. The van der Waals surface area contributed by atoms with E-state index in [0.29, 0.717) is 23.6 Å². The fraction of sp³-hybridized carbons (Fsp3) is 0.200. The second-order valence-electron chi connectivity index (χ2n) is 4.16. The summed E-state index contributed by atoms with van der Waals surface area (Å²) < 4.78 is 5.58. The Morgan fingerprint density at radius 1 is 1.26 bits per heavy atom. The van der Waals surface area contributed by atoms with Crippen molar-refractivity contribution >= 4 is 5.78 Å². The molecule has 1 aromatic carbocycles. The molecule has 98 valence electrons. The van der Waals surface area contributed by atoms with Gasteiger partial charge in [-0.3, -0.25) is 4.79 Å². The van der Waals surface area contributed by atoms with Gasteiger partial charge in [0.15, 0.2) is 5.78 Å². The van der Waals surface area contributed by atoms with Crippen molar-refractivity contribution in [1.82, 2.24) is 4.98 Å². The smallest absolute Gasteiger partial charge is 0.219 e. The molecule has 0 aliphatic carbocycles. The summed E-state index contributed by atoms with van der Waals surface area (Å²) >= 11 is 0. The topological polar surface area (TPSA) is 59.4 Å². The number of rotatable bonds is 5. The van der Waals surface area contributed by atoms with Gasteiger partial charge in [0.05, 0.1) is 0 Å². The number of carbonyl (C=O) groups is 1. The van der Waals surface area contributed by atoms with Gasteiger partial charge in [-0.1, -0.05) is 12.1 Å². The maximum absolute atomic E-state index is 11.3. The van der Waals surface area contributed by atoms with Gasteiger partial charge in [-0.05, 0) is 37.1 Å². The van der Waals surface area contributed by atoms with Crippen LogP contribution in [0, 0.1) is 0 Å². The summed E-state index contributed by atoms with van der Waals surface area (Å²) in [7, 11) is 0. The Kier molecular flexibility index (Phi) is 4.26. The van der Waals surface area contributed by atoms with E-state index in [1.807, 2.05) is 24.3 Å². The lowest BCUT2D eigenvalue weighted by atomic mass is 10.1. The van der Waals surface area contributed by atoms with Crippen LogP contribution < -0.4 is 4.74 Å². The van der Waals surface area contributed by atoms with E-state index in [1.165, 1.54) is 6.92 Å². The van der Waals surface area contributed by atoms with Crippen LogP contribution in [0.1, 0.15) is 22.8 Å². The van der Waals surface area contributed by atoms with Gasteiger partial charge >= 0.3 is 0 Å². The lowest BCUT2D eigenvalue weighted by Gasteiger charge is -2.06. The van der Waals surface area contributed by atoms with Gasteiger partial charge in [0.25, 0.3) is 0 Å². The van der Waals surface area contributed by atoms with Crippen LogP contribution in [0.5, 0.6) is 11.6 Å². The SMILES string of the molecule is CC(=O)c1ccnc(Oc2ccc(CCO)cc2)c1. The third-order valence-electron chi connectivity index (χ3n) is 2.69. The van der Waals surface area contributed by atoms with Gasteiger partial charge < -0.3 is 9.84 Å². The molecule has 0 saturated heterocycles. The Morgan fingerprint density at radius 3 is 2.63 bits per heavy atom. The summed E-state index contributed by atoms with van der Waals surface area (Å²) in [5.41, 5.74) is 1.61. The summed E-state index contributed by atoms with van der Waals surface area (Å²) in [5, 5.41) is 8.83. The van der Waals surface area contributed by atoms with Gasteiger partial charge in [0, 0.05) is 24.4 Å². The number of aliphatic hydroxyl groups is 1. The monoisotopic (exact) mass is 257 g/mol. The van der Waals surface area contributed by atoms with Crippen LogP contribution in [-0.4, -0.2) is 22.5 Å². The number of benzene rings is 1. The van der Waals surface area contributed by atoms with Crippen molar-refractivity contribution in [2.75, 3.05) is 6.61 Å². The van der Waals surface area contributed by atoms with Crippen molar-refractivity contribution < 1.29 is 14.6 Å². The summed E-state index contributed by atoms with van der Waals surface area (Å²) in [5.74, 6) is 1.02. The number of Topliss-reactive ketones (excluding diaryl/α,β-unsaturated/α-hetero) is 1.